The number of carbonyl (C=O) groups excluding carboxylic acids is 1. The Kier molecular flexibility index (Phi) is 4.03. The summed E-state index contributed by atoms with van der Waals surface area (Å²) in [6.45, 7) is 4.95. The van der Waals surface area contributed by atoms with Gasteiger partial charge in [0.1, 0.15) is 5.69 Å². The first-order valence-corrected chi connectivity index (χ1v) is 6.58. The Morgan fingerprint density at radius 2 is 2.11 bits per heavy atom. The van der Waals surface area contributed by atoms with Gasteiger partial charge in [-0.05, 0) is 31.0 Å². The van der Waals surface area contributed by atoms with Gasteiger partial charge in [-0.1, -0.05) is 31.9 Å². The first-order valence-electron chi connectivity index (χ1n) is 6.58. The van der Waals surface area contributed by atoms with Crippen LogP contribution in [0.2, 0.25) is 0 Å². The minimum Gasteiger partial charge on any atom is -0.351 e. The van der Waals surface area contributed by atoms with Gasteiger partial charge in [0.25, 0.3) is 5.91 Å². The maximum Gasteiger partial charge on any atom is 0.267 e. The lowest BCUT2D eigenvalue weighted by molar-refractivity contribution is 0.0949. The largest absolute Gasteiger partial charge is 0.351 e. The molecule has 0 bridgehead atoms. The van der Waals surface area contributed by atoms with E-state index in [2.05, 4.69) is 29.4 Å². The summed E-state index contributed by atoms with van der Waals surface area (Å²) < 4.78 is 0. The Labute approximate surface area is 108 Å². The molecule has 3 heteroatoms. The molecule has 0 aliphatic heterocycles. The molecule has 1 aromatic carbocycles. The Morgan fingerprint density at radius 1 is 1.28 bits per heavy atom. The van der Waals surface area contributed by atoms with Crippen LogP contribution in [0.1, 0.15) is 42.2 Å². The van der Waals surface area contributed by atoms with Crippen molar-refractivity contribution in [1.29, 1.82) is 0 Å². The van der Waals surface area contributed by atoms with Crippen molar-refractivity contribution < 1.29 is 4.79 Å². The van der Waals surface area contributed by atoms with E-state index in [-0.39, 0.29) is 5.91 Å². The van der Waals surface area contributed by atoms with Crippen LogP contribution in [0, 0.1) is 6.92 Å². The Hall–Kier alpha value is -1.77. The third kappa shape index (κ3) is 2.92. The predicted molar refractivity (Wildman–Crippen MR) is 74.9 cm³/mol. The van der Waals surface area contributed by atoms with E-state index in [4.69, 9.17) is 0 Å². The molecule has 0 saturated carbocycles. The van der Waals surface area contributed by atoms with Crippen molar-refractivity contribution in [3.05, 3.63) is 35.5 Å². The van der Waals surface area contributed by atoms with Crippen molar-refractivity contribution >= 4 is 16.8 Å². The molecule has 0 aliphatic rings. The minimum atomic E-state index is -0.0139. The molecule has 18 heavy (non-hydrogen) atoms. The molecule has 96 valence electrons. The molecule has 0 unspecified atom stereocenters. The molecule has 0 atom stereocenters. The first-order chi connectivity index (χ1) is 8.70. The molecule has 0 fully saturated rings. The van der Waals surface area contributed by atoms with Crippen molar-refractivity contribution in [3.63, 3.8) is 0 Å². The molecule has 2 N–H and O–H groups in total. The zero-order valence-corrected chi connectivity index (χ0v) is 11.0. The maximum absolute atomic E-state index is 11.9. The highest BCUT2D eigenvalue weighted by Gasteiger charge is 2.08. The summed E-state index contributed by atoms with van der Waals surface area (Å²) in [5, 5.41) is 4.02. The van der Waals surface area contributed by atoms with E-state index in [9.17, 15) is 4.79 Å². The average molecular weight is 244 g/mol. The summed E-state index contributed by atoms with van der Waals surface area (Å²) in [5.74, 6) is -0.0139. The standard InChI is InChI=1S/C15H20N2O/c1-3-4-5-8-16-15(18)14-10-12-7-6-11(2)9-13(12)17-14/h6-7,9-10,17H,3-5,8H2,1-2H3,(H,16,18). The molecule has 1 heterocycles. The highest BCUT2D eigenvalue weighted by molar-refractivity contribution is 5.98. The van der Waals surface area contributed by atoms with Gasteiger partial charge < -0.3 is 10.3 Å². The molecule has 0 radical (unpaired) electrons. The van der Waals surface area contributed by atoms with Gasteiger partial charge in [0.2, 0.25) is 0 Å². The zero-order valence-electron chi connectivity index (χ0n) is 11.0. The second-order valence-corrected chi connectivity index (χ2v) is 4.74. The number of benzene rings is 1. The lowest BCUT2D eigenvalue weighted by Crippen LogP contribution is -2.24. The predicted octanol–water partition coefficient (Wildman–Crippen LogP) is 3.40. The molecule has 2 aromatic rings. The summed E-state index contributed by atoms with van der Waals surface area (Å²) in [6.07, 6.45) is 3.37. The van der Waals surface area contributed by atoms with Gasteiger partial charge in [-0.2, -0.15) is 0 Å². The van der Waals surface area contributed by atoms with Crippen LogP contribution in [0.5, 0.6) is 0 Å². The molecule has 3 nitrogen and oxygen atoms in total. The fourth-order valence-corrected chi connectivity index (χ4v) is 2.04. The third-order valence-corrected chi connectivity index (χ3v) is 3.09. The molecule has 0 saturated heterocycles. The van der Waals surface area contributed by atoms with E-state index in [0.717, 1.165) is 30.3 Å². The second-order valence-electron chi connectivity index (χ2n) is 4.74. The fourth-order valence-electron chi connectivity index (χ4n) is 2.04. The molecular formula is C15H20N2O. The van der Waals surface area contributed by atoms with Crippen LogP contribution in [0.25, 0.3) is 10.9 Å². The quantitative estimate of drug-likeness (QED) is 0.778. The molecule has 0 spiro atoms. The van der Waals surface area contributed by atoms with Gasteiger partial charge >= 0.3 is 0 Å². The number of hydrogen-bond donors (Lipinski definition) is 2. The van der Waals surface area contributed by atoms with Crippen LogP contribution in [-0.4, -0.2) is 17.4 Å². The number of aryl methyl sites for hydroxylation is 1. The topological polar surface area (TPSA) is 44.9 Å². The van der Waals surface area contributed by atoms with Crippen molar-refractivity contribution in [1.82, 2.24) is 10.3 Å². The van der Waals surface area contributed by atoms with E-state index in [1.807, 2.05) is 19.1 Å². The summed E-state index contributed by atoms with van der Waals surface area (Å²) >= 11 is 0. The Bertz CT molecular complexity index is 542. The van der Waals surface area contributed by atoms with E-state index in [0.29, 0.717) is 5.69 Å². The number of aromatic nitrogens is 1. The summed E-state index contributed by atoms with van der Waals surface area (Å²) in [7, 11) is 0. The van der Waals surface area contributed by atoms with Gasteiger partial charge in [-0.25, -0.2) is 0 Å². The van der Waals surface area contributed by atoms with Crippen LogP contribution in [0.3, 0.4) is 0 Å². The zero-order chi connectivity index (χ0) is 13.0. The van der Waals surface area contributed by atoms with Gasteiger partial charge in [0, 0.05) is 17.4 Å². The second kappa shape index (κ2) is 5.71. The average Bonchev–Trinajstić information content (AvgIpc) is 2.77. The lowest BCUT2D eigenvalue weighted by Gasteiger charge is -2.02. The van der Waals surface area contributed by atoms with Crippen LogP contribution < -0.4 is 5.32 Å². The monoisotopic (exact) mass is 244 g/mol. The van der Waals surface area contributed by atoms with Crippen molar-refractivity contribution in [2.75, 3.05) is 6.54 Å². The van der Waals surface area contributed by atoms with E-state index in [1.54, 1.807) is 0 Å². The number of hydrogen-bond acceptors (Lipinski definition) is 1. The Balaban J connectivity index is 2.04. The summed E-state index contributed by atoms with van der Waals surface area (Å²) in [5.41, 5.74) is 2.86. The smallest absolute Gasteiger partial charge is 0.267 e. The van der Waals surface area contributed by atoms with Crippen LogP contribution in [0.15, 0.2) is 24.3 Å². The SMILES string of the molecule is CCCCCNC(=O)c1cc2ccc(C)cc2[nH]1. The van der Waals surface area contributed by atoms with Crippen molar-refractivity contribution in [3.8, 4) is 0 Å². The highest BCUT2D eigenvalue weighted by Crippen LogP contribution is 2.16. The highest BCUT2D eigenvalue weighted by atomic mass is 16.1. The Morgan fingerprint density at radius 3 is 2.89 bits per heavy atom. The number of carbonyl (C=O) groups is 1. The van der Waals surface area contributed by atoms with E-state index < -0.39 is 0 Å². The summed E-state index contributed by atoms with van der Waals surface area (Å²) in [4.78, 5) is 15.1. The number of rotatable bonds is 5. The number of unbranched alkanes of at least 4 members (excludes halogenated alkanes) is 2. The van der Waals surface area contributed by atoms with E-state index in [1.165, 1.54) is 12.0 Å². The summed E-state index contributed by atoms with van der Waals surface area (Å²) in [6, 6.07) is 8.06. The lowest BCUT2D eigenvalue weighted by atomic mass is 10.2. The van der Waals surface area contributed by atoms with Crippen molar-refractivity contribution in [2.45, 2.75) is 33.1 Å². The van der Waals surface area contributed by atoms with Crippen LogP contribution in [0.4, 0.5) is 0 Å². The molecule has 1 amide bonds. The first kappa shape index (κ1) is 12.7. The van der Waals surface area contributed by atoms with Gasteiger partial charge in [-0.15, -0.1) is 0 Å². The van der Waals surface area contributed by atoms with Crippen LogP contribution in [-0.2, 0) is 0 Å². The van der Waals surface area contributed by atoms with Crippen LogP contribution >= 0.6 is 0 Å². The molecular weight excluding hydrogens is 224 g/mol. The van der Waals surface area contributed by atoms with Gasteiger partial charge in [0.05, 0.1) is 0 Å². The molecule has 2 rings (SSSR count). The van der Waals surface area contributed by atoms with E-state index >= 15 is 0 Å². The normalized spacial score (nSPS) is 10.8. The number of amides is 1. The van der Waals surface area contributed by atoms with Gasteiger partial charge in [-0.3, -0.25) is 4.79 Å². The minimum absolute atomic E-state index is 0.0139. The third-order valence-electron chi connectivity index (χ3n) is 3.09. The number of nitrogens with one attached hydrogen (secondary N) is 2. The van der Waals surface area contributed by atoms with Crippen molar-refractivity contribution in [2.24, 2.45) is 0 Å². The maximum atomic E-state index is 11.9. The molecule has 0 aliphatic carbocycles. The number of fused-ring (bicyclic) bond motifs is 1. The van der Waals surface area contributed by atoms with Gasteiger partial charge in [0.15, 0.2) is 0 Å². The number of aromatic amines is 1. The number of H-pyrrole nitrogens is 1. The fraction of sp³-hybridized carbons (Fsp3) is 0.400. The molecule has 1 aromatic heterocycles.